The lowest BCUT2D eigenvalue weighted by Gasteiger charge is -2.25. The average molecular weight is 444 g/mol. The molecule has 8 nitrogen and oxygen atoms in total. The summed E-state index contributed by atoms with van der Waals surface area (Å²) in [5.74, 6) is 2.26. The second kappa shape index (κ2) is 8.99. The topological polar surface area (TPSA) is 73.8 Å². The second-order valence-corrected chi connectivity index (χ2v) is 9.61. The smallest absolute Gasteiger partial charge is 0.404 e. The molecule has 0 radical (unpaired) electrons. The van der Waals surface area contributed by atoms with Crippen molar-refractivity contribution in [2.45, 2.75) is 83.7 Å². The van der Waals surface area contributed by atoms with Crippen molar-refractivity contribution in [2.24, 2.45) is 0 Å². The van der Waals surface area contributed by atoms with Gasteiger partial charge < -0.3 is 23.3 Å². The first kappa shape index (κ1) is 19.9. The fourth-order valence-electron chi connectivity index (χ4n) is 4.00. The maximum atomic E-state index is 6.00. The van der Waals surface area contributed by atoms with Crippen molar-refractivity contribution in [1.82, 2.24) is 0 Å². The van der Waals surface area contributed by atoms with Crippen LogP contribution < -0.4 is 23.3 Å². The molecule has 4 aliphatic heterocycles. The van der Waals surface area contributed by atoms with Crippen molar-refractivity contribution in [3.63, 3.8) is 0 Å². The molecule has 29 heavy (non-hydrogen) atoms. The molecule has 5 rings (SSSR count). The Morgan fingerprint density at radius 2 is 1.21 bits per heavy atom. The van der Waals surface area contributed by atoms with Crippen molar-refractivity contribution in [1.29, 1.82) is 0 Å². The molecule has 0 aromatic heterocycles. The van der Waals surface area contributed by atoms with E-state index in [1.165, 1.54) is 57.8 Å². The summed E-state index contributed by atoms with van der Waals surface area (Å²) >= 11 is 0. The molecule has 160 valence electrons. The Bertz CT molecular complexity index is 746. The van der Waals surface area contributed by atoms with Gasteiger partial charge in [0.25, 0.3) is 5.75 Å². The number of rotatable bonds is 11. The van der Waals surface area contributed by atoms with Crippen LogP contribution in [0.3, 0.4) is 0 Å². The molecule has 3 unspecified atom stereocenters. The van der Waals surface area contributed by atoms with E-state index in [0.717, 1.165) is 18.4 Å². The molecule has 6 bridgehead atoms. The van der Waals surface area contributed by atoms with Gasteiger partial charge in [-0.1, -0.05) is 71.1 Å². The Balaban J connectivity index is 1.18. The molecule has 0 spiro atoms. The molecular formula is C19H26O8P2. The summed E-state index contributed by atoms with van der Waals surface area (Å²) in [7, 11) is -3.31. The monoisotopic (exact) mass is 444 g/mol. The highest BCUT2D eigenvalue weighted by Crippen LogP contribution is 2.73. The van der Waals surface area contributed by atoms with Gasteiger partial charge in [0.2, 0.25) is 17.2 Å². The van der Waals surface area contributed by atoms with E-state index in [2.05, 4.69) is 6.92 Å². The van der Waals surface area contributed by atoms with E-state index in [-0.39, 0.29) is 6.10 Å². The van der Waals surface area contributed by atoms with Crippen LogP contribution in [0.25, 0.3) is 0 Å². The minimum Gasteiger partial charge on any atom is -0.404 e. The summed E-state index contributed by atoms with van der Waals surface area (Å²) in [4.78, 5) is 10.9. The van der Waals surface area contributed by atoms with Gasteiger partial charge in [-0.15, -0.1) is 9.35 Å². The van der Waals surface area contributed by atoms with Gasteiger partial charge in [0.1, 0.15) is 0 Å². The molecule has 0 N–H and O–H groups in total. The quantitative estimate of drug-likeness (QED) is 0.200. The lowest BCUT2D eigenvalue weighted by Crippen LogP contribution is -2.11. The van der Waals surface area contributed by atoms with Gasteiger partial charge in [-0.3, -0.25) is 4.52 Å². The molecule has 0 aliphatic carbocycles. The number of hydrogen-bond acceptors (Lipinski definition) is 8. The zero-order valence-corrected chi connectivity index (χ0v) is 18.3. The molecule has 0 amide bonds. The number of benzene rings is 1. The summed E-state index contributed by atoms with van der Waals surface area (Å²) < 4.78 is 33.7. The van der Waals surface area contributed by atoms with E-state index in [4.69, 9.17) is 37.2 Å². The molecule has 4 heterocycles. The molecule has 0 saturated carbocycles. The van der Waals surface area contributed by atoms with Gasteiger partial charge in [-0.05, 0) is 6.42 Å². The van der Waals surface area contributed by atoms with Gasteiger partial charge in [0.05, 0.1) is 11.7 Å². The summed E-state index contributed by atoms with van der Waals surface area (Å²) in [5.41, 5.74) is 0.774. The van der Waals surface area contributed by atoms with E-state index >= 15 is 0 Å². The van der Waals surface area contributed by atoms with Crippen LogP contribution >= 0.6 is 17.2 Å². The Hall–Kier alpha value is -1.04. The number of fused-ring (bicyclic) bond motifs is 4. The highest BCUT2D eigenvalue weighted by molar-refractivity contribution is 7.43. The maximum Gasteiger partial charge on any atom is 0.530 e. The minimum absolute atomic E-state index is 0.255. The fraction of sp³-hybridized carbons (Fsp3) is 0.684. The van der Waals surface area contributed by atoms with Crippen LogP contribution in [0.15, 0.2) is 0 Å². The summed E-state index contributed by atoms with van der Waals surface area (Å²) in [6.45, 7) is 2.26. The minimum atomic E-state index is -1.79. The Labute approximate surface area is 172 Å². The lowest BCUT2D eigenvalue weighted by molar-refractivity contribution is -0.174. The zero-order chi connectivity index (χ0) is 19.6. The third-order valence-electron chi connectivity index (χ3n) is 5.53. The summed E-state index contributed by atoms with van der Waals surface area (Å²) in [5, 5.41) is 0. The van der Waals surface area contributed by atoms with E-state index in [9.17, 15) is 0 Å². The normalized spacial score (nSPS) is 24.8. The van der Waals surface area contributed by atoms with Crippen LogP contribution in [0, 0.1) is 0 Å². The Morgan fingerprint density at radius 1 is 0.621 bits per heavy atom. The first-order chi connectivity index (χ1) is 14.3. The molecule has 4 aliphatic rings. The average Bonchev–Trinajstić information content (AvgIpc) is 2.94. The molecule has 10 heteroatoms. The molecule has 0 saturated heterocycles. The third kappa shape index (κ3) is 3.98. The second-order valence-electron chi connectivity index (χ2n) is 7.66. The van der Waals surface area contributed by atoms with E-state index in [1.54, 1.807) is 0 Å². The van der Waals surface area contributed by atoms with Gasteiger partial charge in [0, 0.05) is 0 Å². The molecule has 3 atom stereocenters. The van der Waals surface area contributed by atoms with E-state index in [1.807, 2.05) is 0 Å². The van der Waals surface area contributed by atoms with Crippen molar-refractivity contribution >= 4 is 17.2 Å². The van der Waals surface area contributed by atoms with Crippen molar-refractivity contribution in [3.8, 4) is 28.7 Å². The van der Waals surface area contributed by atoms with Crippen LogP contribution in [0.2, 0.25) is 0 Å². The van der Waals surface area contributed by atoms with Crippen LogP contribution in [0.4, 0.5) is 0 Å². The van der Waals surface area contributed by atoms with Gasteiger partial charge in [-0.2, -0.15) is 0 Å². The maximum absolute atomic E-state index is 6.00. The van der Waals surface area contributed by atoms with Crippen molar-refractivity contribution in [2.75, 3.05) is 0 Å². The van der Waals surface area contributed by atoms with Gasteiger partial charge >= 0.3 is 17.2 Å². The molecule has 1 aromatic carbocycles. The number of unbranched alkanes of at least 4 members (excludes halogenated alkanes) is 9. The molecule has 0 fully saturated rings. The van der Waals surface area contributed by atoms with Gasteiger partial charge in [-0.25, -0.2) is 0 Å². The van der Waals surface area contributed by atoms with Gasteiger partial charge in [0.15, 0.2) is 5.75 Å². The van der Waals surface area contributed by atoms with E-state index < -0.39 is 17.2 Å². The van der Waals surface area contributed by atoms with Crippen LogP contribution in [0.5, 0.6) is 28.7 Å². The van der Waals surface area contributed by atoms with Crippen molar-refractivity contribution < 1.29 is 37.2 Å². The lowest BCUT2D eigenvalue weighted by atomic mass is 9.98. The highest BCUT2D eigenvalue weighted by Gasteiger charge is 2.52. The SMILES string of the molecule is CCCCCCCCCCCCC1OP2OOc3c4c5c(c1c3OP(O4)O5)OO2. The first-order valence-electron chi connectivity index (χ1n) is 10.6. The fourth-order valence-corrected chi connectivity index (χ4v) is 5.85. The van der Waals surface area contributed by atoms with E-state index in [0.29, 0.717) is 28.7 Å². The summed E-state index contributed by atoms with van der Waals surface area (Å²) in [6, 6.07) is 0. The zero-order valence-electron chi connectivity index (χ0n) is 16.5. The third-order valence-corrected chi connectivity index (χ3v) is 7.34. The molecular weight excluding hydrogens is 418 g/mol. The van der Waals surface area contributed by atoms with Crippen LogP contribution in [0.1, 0.15) is 89.2 Å². The summed E-state index contributed by atoms with van der Waals surface area (Å²) in [6.07, 6.45) is 13.4. The van der Waals surface area contributed by atoms with Crippen molar-refractivity contribution in [3.05, 3.63) is 5.56 Å². The predicted molar refractivity (Wildman–Crippen MR) is 106 cm³/mol. The first-order valence-corrected chi connectivity index (χ1v) is 12.8. The Kier molecular flexibility index (Phi) is 6.17. The van der Waals surface area contributed by atoms with Crippen LogP contribution in [-0.2, 0) is 13.9 Å². The largest absolute Gasteiger partial charge is 0.530 e. The standard InChI is InChI=1S/C19H26O8P2/c1-2-3-4-5-6-7-8-9-10-11-12-13-14-15-18-19-17(16(14)23-28(24-18)25-19)21-27-29(22-13)26-20-15/h13H,2-12H2,1H3. The predicted octanol–water partition coefficient (Wildman–Crippen LogP) is 7.32. The number of hydrogen-bond donors (Lipinski definition) is 0. The van der Waals surface area contributed by atoms with Crippen LogP contribution in [-0.4, -0.2) is 0 Å². The molecule has 1 aromatic rings. The highest BCUT2D eigenvalue weighted by atomic mass is 31.2. The Morgan fingerprint density at radius 3 is 1.93 bits per heavy atom.